The number of nitrogens with two attached hydrogens (primary N) is 1. The Labute approximate surface area is 241 Å². The number of aliphatic hydroxyl groups is 1. The lowest BCUT2D eigenvalue weighted by molar-refractivity contribution is -0.122. The molecule has 0 bridgehead atoms. The minimum absolute atomic E-state index is 0.0769. The van der Waals surface area contributed by atoms with Gasteiger partial charge in [-0.15, -0.1) is 0 Å². The van der Waals surface area contributed by atoms with E-state index in [0.29, 0.717) is 11.3 Å². The van der Waals surface area contributed by atoms with E-state index in [4.69, 9.17) is 37.3 Å². The molecule has 2 amide bonds. The molecular weight excluding hydrogens is 588 g/mol. The van der Waals surface area contributed by atoms with Gasteiger partial charge in [0.15, 0.2) is 17.3 Å². The first-order valence-corrected chi connectivity index (χ1v) is 11.8. The van der Waals surface area contributed by atoms with Crippen LogP contribution in [0.1, 0.15) is 27.5 Å². The number of pyridine rings is 1. The predicted molar refractivity (Wildman–Crippen MR) is 146 cm³/mol. The molecule has 0 radical (unpaired) electrons. The molecule has 224 valence electrons. The number of rotatable bonds is 8. The Bertz CT molecular complexity index is 1450. The van der Waals surface area contributed by atoms with E-state index in [9.17, 15) is 22.8 Å². The third-order valence-corrected chi connectivity index (χ3v) is 5.53. The predicted octanol–water partition coefficient (Wildman–Crippen LogP) is 4.41. The number of hydrogen-bond acceptors (Lipinski definition) is 8. The van der Waals surface area contributed by atoms with Gasteiger partial charge < -0.3 is 25.6 Å². The largest absolute Gasteiger partial charge is 0.505 e. The minimum atomic E-state index is -4.64. The highest BCUT2D eigenvalue weighted by Crippen LogP contribution is 2.34. The Morgan fingerprint density at radius 1 is 1.10 bits per heavy atom. The number of carbonyl (C=O) groups is 2. The van der Waals surface area contributed by atoms with Crippen LogP contribution in [-0.4, -0.2) is 48.1 Å². The lowest BCUT2D eigenvalue weighted by Crippen LogP contribution is -2.45. The van der Waals surface area contributed by atoms with E-state index in [1.54, 1.807) is 24.3 Å². The van der Waals surface area contributed by atoms with Crippen LogP contribution < -0.4 is 31.4 Å². The Hall–Kier alpha value is -5.05. The number of hydrogen-bond donors (Lipinski definition) is 6. The fourth-order valence-electron chi connectivity index (χ4n) is 3.11. The lowest BCUT2D eigenvalue weighted by Gasteiger charge is -2.22. The summed E-state index contributed by atoms with van der Waals surface area (Å²) in [4.78, 5) is 29.4. The Morgan fingerprint density at radius 3 is 2.17 bits per heavy atom. The summed E-state index contributed by atoms with van der Waals surface area (Å²) in [7, 11) is 2.73. The molecule has 7 N–H and O–H groups in total. The molecule has 16 heteroatoms. The summed E-state index contributed by atoms with van der Waals surface area (Å²) in [6, 6.07) is 8.75. The number of alkyl halides is 3. The molecule has 1 heterocycles. The summed E-state index contributed by atoms with van der Waals surface area (Å²) in [5.74, 6) is -3.78. The van der Waals surface area contributed by atoms with E-state index >= 15 is 4.39 Å². The van der Waals surface area contributed by atoms with Gasteiger partial charge in [0.25, 0.3) is 11.8 Å². The second-order valence-electron chi connectivity index (χ2n) is 8.04. The molecule has 11 nitrogen and oxygen atoms in total. The van der Waals surface area contributed by atoms with E-state index in [2.05, 4.69) is 27.7 Å². The van der Waals surface area contributed by atoms with E-state index in [0.717, 1.165) is 6.07 Å². The summed E-state index contributed by atoms with van der Waals surface area (Å²) < 4.78 is 57.9. The van der Waals surface area contributed by atoms with Crippen molar-refractivity contribution in [3.8, 4) is 11.5 Å². The fraction of sp³-hybridized carbons (Fsp3) is 0.154. The normalized spacial score (nSPS) is 11.2. The van der Waals surface area contributed by atoms with Crippen molar-refractivity contribution in [2.75, 3.05) is 19.5 Å². The first kappa shape index (κ1) is 33.2. The second kappa shape index (κ2) is 14.5. The number of halogens is 5. The smallest absolute Gasteiger partial charge is 0.448 e. The van der Waals surface area contributed by atoms with Crippen LogP contribution in [0.2, 0.25) is 5.02 Å². The van der Waals surface area contributed by atoms with Gasteiger partial charge in [-0.3, -0.25) is 30.8 Å². The van der Waals surface area contributed by atoms with Crippen LogP contribution >= 0.6 is 11.6 Å². The Kier molecular flexibility index (Phi) is 11.5. The zero-order valence-corrected chi connectivity index (χ0v) is 22.7. The van der Waals surface area contributed by atoms with Gasteiger partial charge in [0.1, 0.15) is 17.7 Å². The number of ether oxygens (including phenoxy) is 2. The third-order valence-electron chi connectivity index (χ3n) is 5.23. The zero-order valence-electron chi connectivity index (χ0n) is 22.0. The maximum atomic E-state index is 15.0. The quantitative estimate of drug-likeness (QED) is 0.0714. The molecular formula is C26H25ClF4N6O5. The standard InChI is InChI=1S/C23H22ClFN6O4.C3H3F3O/c1-34-18-9-15(17(25)10-19(18)35-2)20(29-13-5-3-12(4-6-13)21(26)27)23(33)31-30-22(32)14-7-8-28-11-16(14)24;1-2(7)3(4,5)6/h3-11,20,29H,1-2H3,(H3,26,27)(H,30,32)(H,31,33);7H,1H2. The van der Waals surface area contributed by atoms with Gasteiger partial charge >= 0.3 is 6.18 Å². The minimum Gasteiger partial charge on any atom is -0.505 e. The number of hydrazine groups is 1. The molecule has 1 atom stereocenters. The van der Waals surface area contributed by atoms with Crippen molar-refractivity contribution < 1.29 is 41.7 Å². The van der Waals surface area contributed by atoms with Crippen LogP contribution in [0, 0.1) is 11.2 Å². The van der Waals surface area contributed by atoms with Crippen molar-refractivity contribution in [2.45, 2.75) is 12.2 Å². The summed E-state index contributed by atoms with van der Waals surface area (Å²) >= 11 is 5.97. The van der Waals surface area contributed by atoms with Gasteiger partial charge in [-0.25, -0.2) is 4.39 Å². The molecule has 3 aromatic rings. The van der Waals surface area contributed by atoms with Crippen LogP contribution in [0.3, 0.4) is 0 Å². The van der Waals surface area contributed by atoms with Crippen LogP contribution in [0.5, 0.6) is 11.5 Å². The molecule has 0 aliphatic heterocycles. The van der Waals surface area contributed by atoms with Crippen molar-refractivity contribution in [1.29, 1.82) is 5.41 Å². The molecule has 0 spiro atoms. The number of methoxy groups -OCH3 is 2. The van der Waals surface area contributed by atoms with Crippen molar-refractivity contribution >= 4 is 34.9 Å². The molecule has 0 aliphatic carbocycles. The average Bonchev–Trinajstić information content (AvgIpc) is 2.94. The number of amidine groups is 1. The zero-order chi connectivity index (χ0) is 31.6. The molecule has 0 aliphatic rings. The van der Waals surface area contributed by atoms with E-state index < -0.39 is 35.6 Å². The van der Waals surface area contributed by atoms with E-state index in [-0.39, 0.29) is 33.5 Å². The van der Waals surface area contributed by atoms with Crippen molar-refractivity contribution in [1.82, 2.24) is 15.8 Å². The van der Waals surface area contributed by atoms with Gasteiger partial charge in [0.2, 0.25) is 0 Å². The van der Waals surface area contributed by atoms with E-state index in [1.807, 2.05) is 0 Å². The molecule has 0 saturated carbocycles. The fourth-order valence-corrected chi connectivity index (χ4v) is 3.31. The third kappa shape index (κ3) is 8.99. The number of nitrogens with zero attached hydrogens (tertiary/aromatic N) is 1. The van der Waals surface area contributed by atoms with Crippen molar-refractivity contribution in [3.05, 3.63) is 94.7 Å². The molecule has 0 saturated heterocycles. The van der Waals surface area contributed by atoms with Gasteiger partial charge in [-0.05, 0) is 36.4 Å². The van der Waals surface area contributed by atoms with Crippen molar-refractivity contribution in [2.24, 2.45) is 5.73 Å². The van der Waals surface area contributed by atoms with Gasteiger partial charge in [-0.1, -0.05) is 18.2 Å². The maximum absolute atomic E-state index is 15.0. The number of nitrogens with one attached hydrogen (secondary N) is 4. The van der Waals surface area contributed by atoms with Crippen molar-refractivity contribution in [3.63, 3.8) is 0 Å². The number of anilines is 1. The summed E-state index contributed by atoms with van der Waals surface area (Å²) in [5.41, 5.74) is 10.9. The van der Waals surface area contributed by atoms with Crippen LogP contribution in [0.4, 0.5) is 23.2 Å². The summed E-state index contributed by atoms with van der Waals surface area (Å²) in [6.45, 7) is 2.26. The number of benzene rings is 2. The number of aliphatic hydroxyl groups excluding tert-OH is 1. The average molecular weight is 613 g/mol. The Morgan fingerprint density at radius 2 is 1.67 bits per heavy atom. The van der Waals surface area contributed by atoms with E-state index in [1.165, 1.54) is 38.7 Å². The van der Waals surface area contributed by atoms with Gasteiger partial charge in [0.05, 0.1) is 24.8 Å². The molecule has 0 fully saturated rings. The molecule has 2 aromatic carbocycles. The molecule has 1 aromatic heterocycles. The summed E-state index contributed by atoms with van der Waals surface area (Å²) in [6.07, 6.45) is -1.98. The number of aromatic nitrogens is 1. The first-order chi connectivity index (χ1) is 19.7. The van der Waals surface area contributed by atoms with Gasteiger partial charge in [0, 0.05) is 35.3 Å². The number of allylic oxidation sites excluding steroid dienone is 1. The summed E-state index contributed by atoms with van der Waals surface area (Å²) in [5, 5.41) is 18.1. The van der Waals surface area contributed by atoms with Crippen LogP contribution in [0.15, 0.2) is 67.2 Å². The number of amides is 2. The second-order valence-corrected chi connectivity index (χ2v) is 8.45. The molecule has 3 rings (SSSR count). The SMILES string of the molecule is C=C(O)C(F)(F)F.COc1cc(F)c(C(Nc2ccc(C(=N)N)cc2)C(=O)NNC(=O)c2ccncc2Cl)cc1OC. The molecule has 1 unspecified atom stereocenters. The lowest BCUT2D eigenvalue weighted by atomic mass is 10.0. The topological polar surface area (TPSA) is 172 Å². The first-order valence-electron chi connectivity index (χ1n) is 11.5. The number of carbonyl (C=O) groups excluding carboxylic acids is 2. The highest BCUT2D eigenvalue weighted by Gasteiger charge is 2.31. The highest BCUT2D eigenvalue weighted by atomic mass is 35.5. The highest BCUT2D eigenvalue weighted by molar-refractivity contribution is 6.33. The van der Waals surface area contributed by atoms with Gasteiger partial charge in [-0.2, -0.15) is 13.2 Å². The maximum Gasteiger partial charge on any atom is 0.448 e. The number of nitrogen functional groups attached to an aromatic ring is 1. The van der Waals surface area contributed by atoms with Crippen LogP contribution in [0.25, 0.3) is 0 Å². The monoisotopic (exact) mass is 612 g/mol. The molecule has 42 heavy (non-hydrogen) atoms. The Balaban J connectivity index is 0.000000782. The van der Waals surface area contributed by atoms with Crippen LogP contribution in [-0.2, 0) is 4.79 Å².